The Morgan fingerprint density at radius 2 is 2.05 bits per heavy atom. The number of halogens is 2. The molecule has 1 heterocycles. The third kappa shape index (κ3) is 3.16. The number of likely N-dealkylation sites (N-methyl/N-ethyl adjacent to an activating group) is 1. The lowest BCUT2D eigenvalue weighted by atomic mass is 10.2. The van der Waals surface area contributed by atoms with Crippen LogP contribution in [0, 0.1) is 0 Å². The lowest BCUT2D eigenvalue weighted by molar-refractivity contribution is -0.135. The second kappa shape index (κ2) is 5.89. The normalized spacial score (nSPS) is 19.2. The van der Waals surface area contributed by atoms with E-state index in [4.69, 9.17) is 23.2 Å². The standard InChI is InChI=1S/C13H15Cl2N3O2/c1-8-6-18(7-12(19)17(8)2)13(20)16-9-3-4-10(14)11(15)5-9/h3-5,8H,6-7H2,1-2H3,(H,16,20). The van der Waals surface area contributed by atoms with E-state index in [1.54, 1.807) is 30.1 Å². The van der Waals surface area contributed by atoms with E-state index in [1.807, 2.05) is 6.92 Å². The SMILES string of the molecule is CC1CN(C(=O)Nc2ccc(Cl)c(Cl)c2)CC(=O)N1C. The van der Waals surface area contributed by atoms with Gasteiger partial charge in [0.2, 0.25) is 5.91 Å². The average Bonchev–Trinajstić information content (AvgIpc) is 2.39. The number of urea groups is 1. The van der Waals surface area contributed by atoms with Gasteiger partial charge in [-0.3, -0.25) is 4.79 Å². The highest BCUT2D eigenvalue weighted by molar-refractivity contribution is 6.42. The third-order valence-electron chi connectivity index (χ3n) is 3.32. The molecule has 1 aliphatic rings. The van der Waals surface area contributed by atoms with Gasteiger partial charge in [0.05, 0.1) is 10.0 Å². The number of carbonyl (C=O) groups is 2. The van der Waals surface area contributed by atoms with Crippen LogP contribution in [0.5, 0.6) is 0 Å². The maximum Gasteiger partial charge on any atom is 0.322 e. The summed E-state index contributed by atoms with van der Waals surface area (Å²) in [4.78, 5) is 27.0. The Hall–Kier alpha value is -1.46. The van der Waals surface area contributed by atoms with Crippen LogP contribution in [0.1, 0.15) is 6.92 Å². The van der Waals surface area contributed by atoms with Gasteiger partial charge in [0.1, 0.15) is 6.54 Å². The van der Waals surface area contributed by atoms with Crippen molar-refractivity contribution in [1.29, 1.82) is 0 Å². The minimum Gasteiger partial charge on any atom is -0.340 e. The largest absolute Gasteiger partial charge is 0.340 e. The predicted octanol–water partition coefficient (Wildman–Crippen LogP) is 2.69. The molecular weight excluding hydrogens is 301 g/mol. The minimum atomic E-state index is -0.323. The Morgan fingerprint density at radius 3 is 2.65 bits per heavy atom. The summed E-state index contributed by atoms with van der Waals surface area (Å²) in [6.45, 7) is 2.47. The molecule has 0 saturated carbocycles. The molecule has 1 aliphatic heterocycles. The van der Waals surface area contributed by atoms with Crippen LogP contribution in [0.4, 0.5) is 10.5 Å². The topological polar surface area (TPSA) is 52.7 Å². The summed E-state index contributed by atoms with van der Waals surface area (Å²) in [6.07, 6.45) is 0. The average molecular weight is 316 g/mol. The third-order valence-corrected chi connectivity index (χ3v) is 4.06. The summed E-state index contributed by atoms with van der Waals surface area (Å²) in [6, 6.07) is 4.51. The van der Waals surface area contributed by atoms with Crippen LogP contribution in [-0.2, 0) is 4.79 Å². The Kier molecular flexibility index (Phi) is 4.40. The maximum absolute atomic E-state index is 12.1. The van der Waals surface area contributed by atoms with Crippen molar-refractivity contribution in [1.82, 2.24) is 9.80 Å². The van der Waals surface area contributed by atoms with E-state index in [-0.39, 0.29) is 24.5 Å². The second-order valence-corrected chi connectivity index (χ2v) is 5.61. The first-order valence-electron chi connectivity index (χ1n) is 6.15. The molecule has 0 aliphatic carbocycles. The van der Waals surface area contributed by atoms with Gasteiger partial charge in [-0.1, -0.05) is 23.2 Å². The van der Waals surface area contributed by atoms with Gasteiger partial charge in [-0.05, 0) is 25.1 Å². The first kappa shape index (κ1) is 14.9. The van der Waals surface area contributed by atoms with Crippen molar-refractivity contribution in [3.63, 3.8) is 0 Å². The zero-order valence-corrected chi connectivity index (χ0v) is 12.7. The molecule has 1 N–H and O–H groups in total. The highest BCUT2D eigenvalue weighted by Gasteiger charge is 2.29. The van der Waals surface area contributed by atoms with Crippen LogP contribution in [0.3, 0.4) is 0 Å². The number of piperazine rings is 1. The van der Waals surface area contributed by atoms with Crippen LogP contribution in [0.25, 0.3) is 0 Å². The Balaban J connectivity index is 2.05. The molecule has 1 atom stereocenters. The number of anilines is 1. The quantitative estimate of drug-likeness (QED) is 0.866. The van der Waals surface area contributed by atoms with E-state index in [0.29, 0.717) is 22.3 Å². The Labute approximate surface area is 127 Å². The first-order valence-corrected chi connectivity index (χ1v) is 6.90. The number of nitrogens with one attached hydrogen (secondary N) is 1. The predicted molar refractivity (Wildman–Crippen MR) is 79.3 cm³/mol. The lowest BCUT2D eigenvalue weighted by Crippen LogP contribution is -2.56. The molecule has 1 saturated heterocycles. The molecule has 0 spiro atoms. The van der Waals surface area contributed by atoms with Gasteiger partial charge in [0.15, 0.2) is 0 Å². The van der Waals surface area contributed by atoms with Crippen molar-refractivity contribution in [3.05, 3.63) is 28.2 Å². The molecule has 5 nitrogen and oxygen atoms in total. The monoisotopic (exact) mass is 315 g/mol. The molecule has 20 heavy (non-hydrogen) atoms. The minimum absolute atomic E-state index is 0.00388. The maximum atomic E-state index is 12.1. The van der Waals surface area contributed by atoms with Gasteiger partial charge in [-0.15, -0.1) is 0 Å². The zero-order chi connectivity index (χ0) is 14.9. The van der Waals surface area contributed by atoms with Crippen molar-refractivity contribution >= 4 is 40.8 Å². The number of hydrogen-bond acceptors (Lipinski definition) is 2. The Bertz CT molecular complexity index is 550. The van der Waals surface area contributed by atoms with Crippen LogP contribution >= 0.6 is 23.2 Å². The number of carbonyl (C=O) groups excluding carboxylic acids is 2. The number of nitrogens with zero attached hydrogens (tertiary/aromatic N) is 2. The van der Waals surface area contributed by atoms with Gasteiger partial charge in [-0.2, -0.15) is 0 Å². The van der Waals surface area contributed by atoms with Crippen LogP contribution in [-0.4, -0.2) is 47.9 Å². The zero-order valence-electron chi connectivity index (χ0n) is 11.2. The molecule has 3 amide bonds. The van der Waals surface area contributed by atoms with Crippen molar-refractivity contribution < 1.29 is 9.59 Å². The van der Waals surface area contributed by atoms with E-state index in [1.165, 1.54) is 4.90 Å². The van der Waals surface area contributed by atoms with Crippen molar-refractivity contribution in [3.8, 4) is 0 Å². The van der Waals surface area contributed by atoms with E-state index < -0.39 is 0 Å². The molecule has 108 valence electrons. The number of benzene rings is 1. The number of rotatable bonds is 1. The summed E-state index contributed by atoms with van der Waals surface area (Å²) >= 11 is 11.7. The molecular formula is C13H15Cl2N3O2. The molecule has 0 radical (unpaired) electrons. The van der Waals surface area contributed by atoms with E-state index in [0.717, 1.165) is 0 Å². The molecule has 7 heteroatoms. The molecule has 1 fully saturated rings. The van der Waals surface area contributed by atoms with Crippen molar-refractivity contribution in [2.45, 2.75) is 13.0 Å². The van der Waals surface area contributed by atoms with Gasteiger partial charge >= 0.3 is 6.03 Å². The van der Waals surface area contributed by atoms with Crippen molar-refractivity contribution in [2.75, 3.05) is 25.5 Å². The molecule has 1 unspecified atom stereocenters. The summed E-state index contributed by atoms with van der Waals surface area (Å²) in [7, 11) is 1.74. The van der Waals surface area contributed by atoms with E-state index in [2.05, 4.69) is 5.32 Å². The van der Waals surface area contributed by atoms with Crippen molar-refractivity contribution in [2.24, 2.45) is 0 Å². The molecule has 1 aromatic carbocycles. The summed E-state index contributed by atoms with van der Waals surface area (Å²) in [5, 5.41) is 3.50. The van der Waals surface area contributed by atoms with E-state index >= 15 is 0 Å². The summed E-state index contributed by atoms with van der Waals surface area (Å²) in [5.41, 5.74) is 0.545. The first-order chi connectivity index (χ1) is 9.38. The fourth-order valence-electron chi connectivity index (χ4n) is 1.96. The molecule has 0 bridgehead atoms. The number of amides is 3. The number of hydrogen-bond donors (Lipinski definition) is 1. The van der Waals surface area contributed by atoms with Gasteiger partial charge in [0, 0.05) is 25.3 Å². The van der Waals surface area contributed by atoms with Gasteiger partial charge in [0.25, 0.3) is 0 Å². The molecule has 1 aromatic rings. The van der Waals surface area contributed by atoms with Crippen LogP contribution < -0.4 is 5.32 Å². The highest BCUT2D eigenvalue weighted by Crippen LogP contribution is 2.25. The van der Waals surface area contributed by atoms with Gasteiger partial charge < -0.3 is 15.1 Å². The smallest absolute Gasteiger partial charge is 0.322 e. The fourth-order valence-corrected chi connectivity index (χ4v) is 2.26. The Morgan fingerprint density at radius 1 is 1.35 bits per heavy atom. The summed E-state index contributed by atoms with van der Waals surface area (Å²) < 4.78 is 0. The lowest BCUT2D eigenvalue weighted by Gasteiger charge is -2.37. The fraction of sp³-hybridized carbons (Fsp3) is 0.385. The van der Waals surface area contributed by atoms with Crippen LogP contribution in [0.2, 0.25) is 10.0 Å². The second-order valence-electron chi connectivity index (χ2n) is 4.79. The summed E-state index contributed by atoms with van der Waals surface area (Å²) in [5.74, 6) is -0.0759. The molecule has 2 rings (SSSR count). The van der Waals surface area contributed by atoms with Crippen LogP contribution in [0.15, 0.2) is 18.2 Å². The highest BCUT2D eigenvalue weighted by atomic mass is 35.5. The molecule has 0 aromatic heterocycles. The van der Waals surface area contributed by atoms with Gasteiger partial charge in [-0.25, -0.2) is 4.79 Å². The van der Waals surface area contributed by atoms with E-state index in [9.17, 15) is 9.59 Å².